The Morgan fingerprint density at radius 2 is 2.31 bits per heavy atom. The Balaban J connectivity index is 2.37. The molecule has 0 aliphatic heterocycles. The van der Waals surface area contributed by atoms with Crippen molar-refractivity contribution in [2.75, 3.05) is 0 Å². The molecule has 0 bridgehead atoms. The lowest BCUT2D eigenvalue weighted by molar-refractivity contribution is -0.118. The summed E-state index contributed by atoms with van der Waals surface area (Å²) in [6.07, 6.45) is 2.81. The van der Waals surface area contributed by atoms with Crippen LogP contribution in [0.4, 0.5) is 4.39 Å². The van der Waals surface area contributed by atoms with Crippen LogP contribution in [0.5, 0.6) is 0 Å². The van der Waals surface area contributed by atoms with Crippen LogP contribution in [-0.2, 0) is 11.3 Å². The highest BCUT2D eigenvalue weighted by Crippen LogP contribution is 2.03. The number of carbonyl (C=O) groups is 1. The number of nitrogens with zero attached hydrogens (tertiary/aromatic N) is 2. The number of aliphatic imine (C=N–C) groups is 1. The van der Waals surface area contributed by atoms with Crippen molar-refractivity contribution in [3.8, 4) is 0 Å². The van der Waals surface area contributed by atoms with E-state index in [1.54, 1.807) is 12.1 Å². The molecule has 1 rings (SSSR count). The van der Waals surface area contributed by atoms with Gasteiger partial charge in [-0.05, 0) is 17.7 Å². The first-order valence-corrected chi connectivity index (χ1v) is 4.71. The fraction of sp³-hybridized carbons (Fsp3) is 0.182. The Morgan fingerprint density at radius 1 is 1.50 bits per heavy atom. The molecule has 4 nitrogen and oxygen atoms in total. The number of benzene rings is 1. The van der Waals surface area contributed by atoms with Gasteiger partial charge in [0.2, 0.25) is 5.91 Å². The second-order valence-electron chi connectivity index (χ2n) is 3.07. The zero-order valence-corrected chi connectivity index (χ0v) is 8.85. The fourth-order valence-corrected chi connectivity index (χ4v) is 1.00. The summed E-state index contributed by atoms with van der Waals surface area (Å²) in [5, 5.41) is 3.57. The summed E-state index contributed by atoms with van der Waals surface area (Å²) in [6, 6.07) is 6.21. The molecule has 0 unspecified atom stereocenters. The van der Waals surface area contributed by atoms with Crippen molar-refractivity contribution in [3.05, 3.63) is 35.6 Å². The molecule has 1 N–H and O–H groups in total. The van der Waals surface area contributed by atoms with Gasteiger partial charge in [-0.1, -0.05) is 12.1 Å². The minimum absolute atomic E-state index is 0.241. The molecule has 84 valence electrons. The number of hydrogen-bond acceptors (Lipinski definition) is 3. The molecule has 0 aliphatic rings. The maximum atomic E-state index is 12.8. The SMILES string of the molecule is CC(=O)N/N=C/C=NCc1cccc(F)c1. The normalized spacial score (nSPS) is 11.1. The molecular weight excluding hydrogens is 209 g/mol. The summed E-state index contributed by atoms with van der Waals surface area (Å²) in [7, 11) is 0. The summed E-state index contributed by atoms with van der Waals surface area (Å²) >= 11 is 0. The molecule has 0 fully saturated rings. The van der Waals surface area contributed by atoms with E-state index in [0.717, 1.165) is 5.56 Å². The zero-order valence-electron chi connectivity index (χ0n) is 8.85. The van der Waals surface area contributed by atoms with Crippen molar-refractivity contribution in [1.29, 1.82) is 0 Å². The lowest BCUT2D eigenvalue weighted by Crippen LogP contribution is -2.12. The summed E-state index contributed by atoms with van der Waals surface area (Å²) in [5.41, 5.74) is 3.01. The summed E-state index contributed by atoms with van der Waals surface area (Å²) in [5.74, 6) is -0.519. The molecule has 0 atom stereocenters. The number of hydrogen-bond donors (Lipinski definition) is 1. The number of hydrazone groups is 1. The summed E-state index contributed by atoms with van der Waals surface area (Å²) < 4.78 is 12.8. The highest BCUT2D eigenvalue weighted by molar-refractivity contribution is 6.16. The summed E-state index contributed by atoms with van der Waals surface area (Å²) in [4.78, 5) is 14.4. The molecule has 1 aromatic carbocycles. The molecule has 0 aliphatic carbocycles. The quantitative estimate of drug-likeness (QED) is 0.608. The molecule has 0 saturated carbocycles. The number of nitrogens with one attached hydrogen (secondary N) is 1. The molecule has 1 aromatic rings. The molecule has 1 amide bonds. The van der Waals surface area contributed by atoms with E-state index in [4.69, 9.17) is 0 Å². The van der Waals surface area contributed by atoms with Gasteiger partial charge in [0.1, 0.15) is 5.82 Å². The highest BCUT2D eigenvalue weighted by Gasteiger charge is 1.91. The lowest BCUT2D eigenvalue weighted by Gasteiger charge is -1.94. The van der Waals surface area contributed by atoms with E-state index in [1.807, 2.05) is 0 Å². The van der Waals surface area contributed by atoms with Gasteiger partial charge in [-0.2, -0.15) is 5.10 Å². The second-order valence-corrected chi connectivity index (χ2v) is 3.07. The van der Waals surface area contributed by atoms with Crippen LogP contribution >= 0.6 is 0 Å². The first-order valence-electron chi connectivity index (χ1n) is 4.71. The van der Waals surface area contributed by atoms with Gasteiger partial charge < -0.3 is 0 Å². The Morgan fingerprint density at radius 3 is 3.00 bits per heavy atom. The predicted molar refractivity (Wildman–Crippen MR) is 60.9 cm³/mol. The fourth-order valence-electron chi connectivity index (χ4n) is 1.00. The number of carbonyl (C=O) groups excluding carboxylic acids is 1. The smallest absolute Gasteiger partial charge is 0.236 e. The molecule has 0 aromatic heterocycles. The standard InChI is InChI=1S/C11H12FN3O/c1-9(16)15-14-6-5-13-8-10-3-2-4-11(12)7-10/h2-7H,8H2,1H3,(H,15,16)/b13-5?,14-6+. The van der Waals surface area contributed by atoms with E-state index < -0.39 is 0 Å². The third-order valence-corrected chi connectivity index (χ3v) is 1.63. The minimum atomic E-state index is -0.278. The van der Waals surface area contributed by atoms with E-state index in [0.29, 0.717) is 6.54 Å². The average molecular weight is 221 g/mol. The molecule has 0 radical (unpaired) electrons. The second kappa shape index (κ2) is 6.44. The topological polar surface area (TPSA) is 53.8 Å². The van der Waals surface area contributed by atoms with Crippen molar-refractivity contribution in [1.82, 2.24) is 5.43 Å². The number of halogens is 1. The Labute approximate surface area is 92.9 Å². The molecule has 5 heteroatoms. The molecule has 0 saturated heterocycles. The highest BCUT2D eigenvalue weighted by atomic mass is 19.1. The average Bonchev–Trinajstić information content (AvgIpc) is 2.23. The van der Waals surface area contributed by atoms with Crippen LogP contribution in [0.1, 0.15) is 12.5 Å². The van der Waals surface area contributed by atoms with Crippen LogP contribution < -0.4 is 5.43 Å². The van der Waals surface area contributed by atoms with Crippen LogP contribution in [0.2, 0.25) is 0 Å². The van der Waals surface area contributed by atoms with E-state index in [2.05, 4.69) is 15.5 Å². The first kappa shape index (κ1) is 12.0. The van der Waals surface area contributed by atoms with E-state index >= 15 is 0 Å². The lowest BCUT2D eigenvalue weighted by atomic mass is 10.2. The van der Waals surface area contributed by atoms with Gasteiger partial charge in [0, 0.05) is 13.1 Å². The molecule has 16 heavy (non-hydrogen) atoms. The van der Waals surface area contributed by atoms with Crippen molar-refractivity contribution in [2.45, 2.75) is 13.5 Å². The van der Waals surface area contributed by atoms with Gasteiger partial charge in [-0.15, -0.1) is 0 Å². The van der Waals surface area contributed by atoms with Crippen LogP contribution in [0.3, 0.4) is 0 Å². The van der Waals surface area contributed by atoms with Gasteiger partial charge in [-0.25, -0.2) is 9.82 Å². The van der Waals surface area contributed by atoms with Crippen molar-refractivity contribution in [3.63, 3.8) is 0 Å². The molecule has 0 heterocycles. The van der Waals surface area contributed by atoms with E-state index in [1.165, 1.54) is 31.5 Å². The number of amides is 1. The Kier molecular flexibility index (Phi) is 4.85. The van der Waals surface area contributed by atoms with Crippen LogP contribution in [0, 0.1) is 5.82 Å². The monoisotopic (exact) mass is 221 g/mol. The molecular formula is C11H12FN3O. The van der Waals surface area contributed by atoms with Gasteiger partial charge in [0.25, 0.3) is 0 Å². The predicted octanol–water partition coefficient (Wildman–Crippen LogP) is 1.52. The third kappa shape index (κ3) is 4.99. The number of rotatable bonds is 4. The first-order chi connectivity index (χ1) is 7.68. The Bertz CT molecular complexity index is 415. The van der Waals surface area contributed by atoms with Crippen LogP contribution in [0.25, 0.3) is 0 Å². The summed E-state index contributed by atoms with van der Waals surface area (Å²) in [6.45, 7) is 1.74. The van der Waals surface area contributed by atoms with Gasteiger partial charge >= 0.3 is 0 Å². The van der Waals surface area contributed by atoms with Gasteiger partial charge in [0.05, 0.1) is 12.8 Å². The van der Waals surface area contributed by atoms with Gasteiger partial charge in [-0.3, -0.25) is 9.79 Å². The van der Waals surface area contributed by atoms with Crippen molar-refractivity contribution >= 4 is 18.3 Å². The van der Waals surface area contributed by atoms with Crippen molar-refractivity contribution < 1.29 is 9.18 Å². The van der Waals surface area contributed by atoms with Crippen LogP contribution in [0.15, 0.2) is 34.4 Å². The maximum absolute atomic E-state index is 12.8. The van der Waals surface area contributed by atoms with Crippen LogP contribution in [-0.4, -0.2) is 18.3 Å². The van der Waals surface area contributed by atoms with E-state index in [9.17, 15) is 9.18 Å². The van der Waals surface area contributed by atoms with E-state index in [-0.39, 0.29) is 11.7 Å². The van der Waals surface area contributed by atoms with Gasteiger partial charge in [0.15, 0.2) is 0 Å². The maximum Gasteiger partial charge on any atom is 0.236 e. The third-order valence-electron chi connectivity index (χ3n) is 1.63. The molecule has 0 spiro atoms. The zero-order chi connectivity index (χ0) is 11.8. The largest absolute Gasteiger partial charge is 0.287 e. The van der Waals surface area contributed by atoms with Crippen molar-refractivity contribution in [2.24, 2.45) is 10.1 Å². The minimum Gasteiger partial charge on any atom is -0.287 e. The Hall–Kier alpha value is -2.04.